The van der Waals surface area contributed by atoms with Gasteiger partial charge in [-0.1, -0.05) is 29.8 Å². The fourth-order valence-corrected chi connectivity index (χ4v) is 5.26. The van der Waals surface area contributed by atoms with Crippen LogP contribution in [-0.2, 0) is 11.3 Å². The van der Waals surface area contributed by atoms with Gasteiger partial charge in [-0.25, -0.2) is 4.98 Å². The van der Waals surface area contributed by atoms with Crippen LogP contribution in [0.25, 0.3) is 10.2 Å². The second kappa shape index (κ2) is 8.20. The second-order valence-corrected chi connectivity index (χ2v) is 10.0. The van der Waals surface area contributed by atoms with Crippen LogP contribution in [0.1, 0.15) is 47.3 Å². The number of aryl methyl sites for hydroxylation is 3. The number of likely N-dealkylation sites (tertiary alicyclic amines) is 1. The smallest absolute Gasteiger partial charge is 0.262 e. The summed E-state index contributed by atoms with van der Waals surface area (Å²) in [4.78, 5) is 34.0. The monoisotopic (exact) mass is 439 g/mol. The van der Waals surface area contributed by atoms with Crippen LogP contribution in [0.15, 0.2) is 35.4 Å². The van der Waals surface area contributed by atoms with Crippen molar-refractivity contribution in [3.63, 3.8) is 0 Å². The fraction of sp³-hybridized carbons (Fsp3) is 0.458. The van der Waals surface area contributed by atoms with E-state index < -0.39 is 5.60 Å². The molecule has 1 fully saturated rings. The number of nitrogens with zero attached hydrogens (tertiary/aromatic N) is 3. The van der Waals surface area contributed by atoms with Crippen LogP contribution in [0, 0.1) is 20.8 Å². The minimum absolute atomic E-state index is 0.0792. The number of carbonyl (C=O) groups is 1. The number of thiophene rings is 1. The molecular formula is C24H29N3O3S. The highest BCUT2D eigenvalue weighted by molar-refractivity contribution is 7.18. The van der Waals surface area contributed by atoms with Gasteiger partial charge in [0, 0.05) is 18.0 Å². The number of carbonyl (C=O) groups excluding carboxylic acids is 1. The van der Waals surface area contributed by atoms with E-state index in [2.05, 4.69) is 4.98 Å². The number of benzene rings is 1. The summed E-state index contributed by atoms with van der Waals surface area (Å²) in [5, 5.41) is 11.8. The molecule has 2 aromatic heterocycles. The summed E-state index contributed by atoms with van der Waals surface area (Å²) in [6.07, 6.45) is 2.41. The number of aliphatic hydroxyl groups is 1. The van der Waals surface area contributed by atoms with Crippen molar-refractivity contribution in [1.82, 2.24) is 14.5 Å². The summed E-state index contributed by atoms with van der Waals surface area (Å²) in [5.41, 5.74) is 2.00. The highest BCUT2D eigenvalue weighted by atomic mass is 32.1. The third kappa shape index (κ3) is 4.16. The highest BCUT2D eigenvalue weighted by Gasteiger charge is 2.36. The van der Waals surface area contributed by atoms with E-state index in [1.165, 1.54) is 27.8 Å². The van der Waals surface area contributed by atoms with Gasteiger partial charge in [-0.15, -0.1) is 11.3 Å². The van der Waals surface area contributed by atoms with Gasteiger partial charge in [0.25, 0.3) is 5.56 Å². The molecule has 7 heteroatoms. The lowest BCUT2D eigenvalue weighted by atomic mass is 9.89. The number of fused-ring (bicyclic) bond motifs is 1. The Labute approximate surface area is 186 Å². The number of rotatable bonds is 4. The minimum Gasteiger partial charge on any atom is -0.388 e. The fourth-order valence-electron chi connectivity index (χ4n) is 4.27. The summed E-state index contributed by atoms with van der Waals surface area (Å²) in [6, 6.07) is 8.05. The molecule has 0 spiro atoms. The van der Waals surface area contributed by atoms with Gasteiger partial charge in [0.1, 0.15) is 4.83 Å². The van der Waals surface area contributed by atoms with Crippen molar-refractivity contribution >= 4 is 27.5 Å². The molecule has 164 valence electrons. The maximum atomic E-state index is 13.0. The van der Waals surface area contributed by atoms with E-state index in [1.807, 2.05) is 56.9 Å². The highest BCUT2D eigenvalue weighted by Crippen LogP contribution is 2.28. The first kappa shape index (κ1) is 21.7. The van der Waals surface area contributed by atoms with E-state index in [-0.39, 0.29) is 23.9 Å². The molecular weight excluding hydrogens is 410 g/mol. The molecule has 31 heavy (non-hydrogen) atoms. The zero-order chi connectivity index (χ0) is 22.3. The predicted molar refractivity (Wildman–Crippen MR) is 124 cm³/mol. The first-order valence-corrected chi connectivity index (χ1v) is 11.5. The molecule has 0 bridgehead atoms. The summed E-state index contributed by atoms with van der Waals surface area (Å²) < 4.78 is 1.52. The normalized spacial score (nSPS) is 17.1. The van der Waals surface area contributed by atoms with E-state index in [0.29, 0.717) is 31.3 Å². The molecule has 0 radical (unpaired) electrons. The van der Waals surface area contributed by atoms with Gasteiger partial charge in [0.05, 0.1) is 29.8 Å². The number of amides is 1. The Balaban J connectivity index is 1.45. The molecule has 0 unspecified atom stereocenters. The molecule has 0 saturated carbocycles. The molecule has 3 aromatic rings. The molecule has 1 N–H and O–H groups in total. The predicted octanol–water partition coefficient (Wildman–Crippen LogP) is 3.54. The standard InChI is InChI=1S/C24H29N3O3S/c1-15-5-7-19(8-6-15)17(3)22(28)26-11-9-24(30,10-12-26)13-27-14-25-21-20(23(27)29)16(2)18(4)31-21/h5-8,14,17,30H,9-13H2,1-4H3/t17-/m1/s1. The topological polar surface area (TPSA) is 75.4 Å². The van der Waals surface area contributed by atoms with Crippen molar-refractivity contribution in [3.8, 4) is 0 Å². The summed E-state index contributed by atoms with van der Waals surface area (Å²) >= 11 is 1.52. The lowest BCUT2D eigenvalue weighted by Crippen LogP contribution is -2.50. The zero-order valence-corrected chi connectivity index (χ0v) is 19.3. The molecule has 1 aliphatic rings. The molecule has 1 atom stereocenters. The van der Waals surface area contributed by atoms with Crippen LogP contribution in [0.4, 0.5) is 0 Å². The largest absolute Gasteiger partial charge is 0.388 e. The second-order valence-electron chi connectivity index (χ2n) is 8.82. The molecule has 0 aliphatic carbocycles. The van der Waals surface area contributed by atoms with Gasteiger partial charge in [-0.05, 0) is 51.7 Å². The average Bonchev–Trinajstić information content (AvgIpc) is 3.04. The van der Waals surface area contributed by atoms with Gasteiger partial charge in [-0.2, -0.15) is 0 Å². The zero-order valence-electron chi connectivity index (χ0n) is 18.5. The van der Waals surface area contributed by atoms with Crippen LogP contribution in [0.5, 0.6) is 0 Å². The number of piperidine rings is 1. The van der Waals surface area contributed by atoms with Gasteiger partial charge < -0.3 is 10.0 Å². The van der Waals surface area contributed by atoms with Crippen LogP contribution < -0.4 is 5.56 Å². The molecule has 1 amide bonds. The Morgan fingerprint density at radius 2 is 1.84 bits per heavy atom. The van der Waals surface area contributed by atoms with E-state index in [1.54, 1.807) is 0 Å². The Hall–Kier alpha value is -2.51. The average molecular weight is 440 g/mol. The van der Waals surface area contributed by atoms with E-state index in [9.17, 15) is 14.7 Å². The third-order valence-corrected chi connectivity index (χ3v) is 7.69. The Morgan fingerprint density at radius 1 is 1.19 bits per heavy atom. The van der Waals surface area contributed by atoms with Crippen LogP contribution in [-0.4, -0.2) is 44.2 Å². The summed E-state index contributed by atoms with van der Waals surface area (Å²) in [7, 11) is 0. The van der Waals surface area contributed by atoms with Crippen molar-refractivity contribution in [2.24, 2.45) is 0 Å². The van der Waals surface area contributed by atoms with E-state index in [4.69, 9.17) is 0 Å². The van der Waals surface area contributed by atoms with Crippen molar-refractivity contribution in [2.45, 2.75) is 58.6 Å². The molecule has 3 heterocycles. The lowest BCUT2D eigenvalue weighted by molar-refractivity contribution is -0.137. The molecule has 4 rings (SSSR count). The minimum atomic E-state index is -1.03. The number of hydrogen-bond acceptors (Lipinski definition) is 5. The summed E-state index contributed by atoms with van der Waals surface area (Å²) in [5.74, 6) is -0.138. The first-order valence-electron chi connectivity index (χ1n) is 10.7. The first-order chi connectivity index (χ1) is 14.7. The van der Waals surface area contributed by atoms with Gasteiger partial charge in [0.15, 0.2) is 0 Å². The van der Waals surface area contributed by atoms with Gasteiger partial charge in [0.2, 0.25) is 5.91 Å². The SMILES string of the molecule is Cc1ccc([C@@H](C)C(=O)N2CCC(O)(Cn3cnc4sc(C)c(C)c4c3=O)CC2)cc1. The molecule has 6 nitrogen and oxygen atoms in total. The van der Waals surface area contributed by atoms with Crippen LogP contribution in [0.3, 0.4) is 0 Å². The Kier molecular flexibility index (Phi) is 5.75. The van der Waals surface area contributed by atoms with E-state index in [0.717, 1.165) is 20.8 Å². The lowest BCUT2D eigenvalue weighted by Gasteiger charge is -2.39. The molecule has 1 aliphatic heterocycles. The third-order valence-electron chi connectivity index (χ3n) is 6.57. The van der Waals surface area contributed by atoms with Crippen molar-refractivity contribution in [1.29, 1.82) is 0 Å². The van der Waals surface area contributed by atoms with Crippen molar-refractivity contribution in [2.75, 3.05) is 13.1 Å². The number of aromatic nitrogens is 2. The Morgan fingerprint density at radius 3 is 2.48 bits per heavy atom. The van der Waals surface area contributed by atoms with Gasteiger partial charge in [-0.3, -0.25) is 14.2 Å². The van der Waals surface area contributed by atoms with Gasteiger partial charge >= 0.3 is 0 Å². The van der Waals surface area contributed by atoms with Crippen LogP contribution >= 0.6 is 11.3 Å². The quantitative estimate of drug-likeness (QED) is 0.675. The maximum absolute atomic E-state index is 13.0. The Bertz CT molecular complexity index is 1170. The molecule has 1 aromatic carbocycles. The van der Waals surface area contributed by atoms with Crippen LogP contribution in [0.2, 0.25) is 0 Å². The number of hydrogen-bond donors (Lipinski definition) is 1. The van der Waals surface area contributed by atoms with Crippen molar-refractivity contribution in [3.05, 3.63) is 62.5 Å². The summed E-state index contributed by atoms with van der Waals surface area (Å²) in [6.45, 7) is 9.04. The van der Waals surface area contributed by atoms with Crippen molar-refractivity contribution < 1.29 is 9.90 Å². The maximum Gasteiger partial charge on any atom is 0.262 e. The molecule has 1 saturated heterocycles. The van der Waals surface area contributed by atoms with E-state index >= 15 is 0 Å².